The lowest BCUT2D eigenvalue weighted by molar-refractivity contribution is 0.0966. The highest BCUT2D eigenvalue weighted by molar-refractivity contribution is 6.07. The van der Waals surface area contributed by atoms with Crippen molar-refractivity contribution in [3.05, 3.63) is 83.4 Å². The topological polar surface area (TPSA) is 48.1 Å². The molecule has 1 fully saturated rings. The van der Waals surface area contributed by atoms with E-state index in [0.717, 1.165) is 45.6 Å². The highest BCUT2D eigenvalue weighted by Gasteiger charge is 2.27. The number of amides is 1. The molecule has 4 nitrogen and oxygen atoms in total. The molecule has 2 aliphatic heterocycles. The number of aromatic nitrogens is 1. The van der Waals surface area contributed by atoms with Crippen LogP contribution in [0.5, 0.6) is 0 Å². The lowest BCUT2D eigenvalue weighted by Crippen LogP contribution is -2.28. The minimum Gasteiger partial charge on any atom is -0.355 e. The second kappa shape index (κ2) is 7.95. The Morgan fingerprint density at radius 2 is 1.66 bits per heavy atom. The summed E-state index contributed by atoms with van der Waals surface area (Å²) in [6, 6.07) is 23.4. The van der Waals surface area contributed by atoms with Crippen LogP contribution >= 0.6 is 0 Å². The number of carbonyl (C=O) groups excluding carboxylic acids is 1. The van der Waals surface area contributed by atoms with Gasteiger partial charge in [-0.15, -0.1) is 0 Å². The number of rotatable bonds is 4. The molecule has 0 bridgehead atoms. The highest BCUT2D eigenvalue weighted by Crippen LogP contribution is 2.37. The lowest BCUT2D eigenvalue weighted by atomic mass is 9.92. The first kappa shape index (κ1) is 19.3. The highest BCUT2D eigenvalue weighted by atomic mass is 16.1. The fraction of sp³-hybridized carbons (Fsp3) is 0.250. The molecule has 160 valence electrons. The number of carbonyl (C=O) groups is 1. The minimum absolute atomic E-state index is 0.0113. The van der Waals surface area contributed by atoms with Crippen LogP contribution in [-0.2, 0) is 13.1 Å². The summed E-state index contributed by atoms with van der Waals surface area (Å²) in [5, 5.41) is 4.24. The van der Waals surface area contributed by atoms with E-state index in [9.17, 15) is 4.79 Å². The van der Waals surface area contributed by atoms with Gasteiger partial charge in [0.25, 0.3) is 5.91 Å². The van der Waals surface area contributed by atoms with Gasteiger partial charge in [0.05, 0.1) is 5.56 Å². The van der Waals surface area contributed by atoms with E-state index in [-0.39, 0.29) is 5.91 Å². The van der Waals surface area contributed by atoms with Gasteiger partial charge in [0.1, 0.15) is 0 Å². The second-order valence-corrected chi connectivity index (χ2v) is 9.00. The van der Waals surface area contributed by atoms with E-state index in [1.165, 1.54) is 43.3 Å². The average molecular weight is 422 g/mol. The van der Waals surface area contributed by atoms with Crippen molar-refractivity contribution >= 4 is 16.8 Å². The number of likely N-dealkylation sites (tertiary alicyclic amines) is 1. The summed E-state index contributed by atoms with van der Waals surface area (Å²) in [5.74, 6) is 0.0113. The van der Waals surface area contributed by atoms with Gasteiger partial charge in [-0.1, -0.05) is 55.0 Å². The summed E-state index contributed by atoms with van der Waals surface area (Å²) in [4.78, 5) is 18.9. The molecule has 4 aromatic rings. The maximum absolute atomic E-state index is 12.8. The monoisotopic (exact) mass is 421 g/mol. The van der Waals surface area contributed by atoms with Gasteiger partial charge < -0.3 is 10.3 Å². The van der Waals surface area contributed by atoms with Crippen LogP contribution in [0.3, 0.4) is 0 Å². The zero-order chi connectivity index (χ0) is 21.5. The van der Waals surface area contributed by atoms with Crippen molar-refractivity contribution in [2.75, 3.05) is 13.1 Å². The van der Waals surface area contributed by atoms with E-state index in [2.05, 4.69) is 63.7 Å². The standard InChI is InChI=1S/C28H27N3O/c32-28-27-23(11-10-22(24(27)17-29-28)20-7-3-1-4-8-20)26-16-21-15-19(9-12-25(21)30-26)18-31-13-5-2-6-14-31/h1,3-4,7-12,15-16,30H,2,5-6,13-14,17-18H2,(H,29,32). The van der Waals surface area contributed by atoms with Crippen LogP contribution in [-0.4, -0.2) is 28.9 Å². The number of nitrogens with zero attached hydrogens (tertiary/aromatic N) is 1. The summed E-state index contributed by atoms with van der Waals surface area (Å²) < 4.78 is 0. The molecule has 0 unspecified atom stereocenters. The first-order chi connectivity index (χ1) is 15.8. The summed E-state index contributed by atoms with van der Waals surface area (Å²) >= 11 is 0. The molecule has 1 amide bonds. The summed E-state index contributed by atoms with van der Waals surface area (Å²) in [6.07, 6.45) is 3.98. The number of hydrogen-bond donors (Lipinski definition) is 2. The predicted octanol–water partition coefficient (Wildman–Crippen LogP) is 5.73. The molecule has 0 aliphatic carbocycles. The number of piperidine rings is 1. The van der Waals surface area contributed by atoms with Crippen molar-refractivity contribution in [3.8, 4) is 22.4 Å². The van der Waals surface area contributed by atoms with E-state index < -0.39 is 0 Å². The fourth-order valence-corrected chi connectivity index (χ4v) is 5.26. The van der Waals surface area contributed by atoms with Crippen LogP contribution in [0.4, 0.5) is 0 Å². The summed E-state index contributed by atoms with van der Waals surface area (Å²) in [5.41, 5.74) is 8.60. The third-order valence-electron chi connectivity index (χ3n) is 6.88. The van der Waals surface area contributed by atoms with Gasteiger partial charge in [-0.25, -0.2) is 0 Å². The van der Waals surface area contributed by atoms with Crippen molar-refractivity contribution < 1.29 is 4.79 Å². The minimum atomic E-state index is 0.0113. The predicted molar refractivity (Wildman–Crippen MR) is 129 cm³/mol. The Hall–Kier alpha value is -3.37. The van der Waals surface area contributed by atoms with Crippen molar-refractivity contribution in [3.63, 3.8) is 0 Å². The van der Waals surface area contributed by atoms with Gasteiger partial charge in [0.15, 0.2) is 0 Å². The zero-order valence-corrected chi connectivity index (χ0v) is 18.2. The van der Waals surface area contributed by atoms with Crippen LogP contribution in [0.2, 0.25) is 0 Å². The fourth-order valence-electron chi connectivity index (χ4n) is 5.26. The molecule has 0 saturated carbocycles. The van der Waals surface area contributed by atoms with E-state index in [1.807, 2.05) is 18.2 Å². The Labute approximate surface area is 188 Å². The van der Waals surface area contributed by atoms with Gasteiger partial charge >= 0.3 is 0 Å². The molecular formula is C28H27N3O. The molecule has 1 aromatic heterocycles. The molecule has 0 atom stereocenters. The van der Waals surface area contributed by atoms with Crippen molar-refractivity contribution in [1.29, 1.82) is 0 Å². The molecule has 6 rings (SSSR count). The number of H-pyrrole nitrogens is 1. The summed E-state index contributed by atoms with van der Waals surface area (Å²) in [7, 11) is 0. The molecule has 3 aromatic carbocycles. The van der Waals surface area contributed by atoms with Crippen LogP contribution in [0.15, 0.2) is 66.7 Å². The smallest absolute Gasteiger partial charge is 0.252 e. The molecule has 32 heavy (non-hydrogen) atoms. The van der Waals surface area contributed by atoms with Crippen LogP contribution in [0.25, 0.3) is 33.3 Å². The number of nitrogens with one attached hydrogen (secondary N) is 2. The molecule has 2 N–H and O–H groups in total. The van der Waals surface area contributed by atoms with E-state index in [0.29, 0.717) is 6.54 Å². The molecule has 0 radical (unpaired) electrons. The Bertz CT molecular complexity index is 1300. The Morgan fingerprint density at radius 3 is 2.50 bits per heavy atom. The molecule has 4 heteroatoms. The van der Waals surface area contributed by atoms with Gasteiger partial charge in [-0.3, -0.25) is 9.69 Å². The largest absolute Gasteiger partial charge is 0.355 e. The number of hydrogen-bond acceptors (Lipinski definition) is 2. The van der Waals surface area contributed by atoms with Crippen LogP contribution in [0, 0.1) is 0 Å². The third kappa shape index (κ3) is 3.41. The van der Waals surface area contributed by atoms with E-state index in [4.69, 9.17) is 0 Å². The maximum atomic E-state index is 12.8. The first-order valence-electron chi connectivity index (χ1n) is 11.6. The molecule has 1 saturated heterocycles. The zero-order valence-electron chi connectivity index (χ0n) is 18.2. The third-order valence-corrected chi connectivity index (χ3v) is 6.88. The van der Waals surface area contributed by atoms with Crippen LogP contribution < -0.4 is 5.32 Å². The SMILES string of the molecule is O=C1NCc2c(-c3ccccc3)ccc(-c3cc4cc(CN5CCCCC5)ccc4[nH]3)c21. The normalized spacial score (nSPS) is 16.3. The Kier molecular flexibility index (Phi) is 4.80. The van der Waals surface area contributed by atoms with E-state index >= 15 is 0 Å². The van der Waals surface area contributed by atoms with Crippen molar-refractivity contribution in [1.82, 2.24) is 15.2 Å². The van der Waals surface area contributed by atoms with Gasteiger partial charge in [-0.2, -0.15) is 0 Å². The van der Waals surface area contributed by atoms with Gasteiger partial charge in [0, 0.05) is 35.2 Å². The van der Waals surface area contributed by atoms with Gasteiger partial charge in [0.2, 0.25) is 0 Å². The Balaban J connectivity index is 1.38. The number of fused-ring (bicyclic) bond motifs is 2. The maximum Gasteiger partial charge on any atom is 0.252 e. The van der Waals surface area contributed by atoms with E-state index in [1.54, 1.807) is 0 Å². The van der Waals surface area contributed by atoms with Gasteiger partial charge in [-0.05, 0) is 66.4 Å². The number of aromatic amines is 1. The average Bonchev–Trinajstić information content (AvgIpc) is 3.43. The lowest BCUT2D eigenvalue weighted by Gasteiger charge is -2.26. The molecule has 2 aliphatic rings. The van der Waals surface area contributed by atoms with Crippen molar-refractivity contribution in [2.45, 2.75) is 32.4 Å². The van der Waals surface area contributed by atoms with Crippen LogP contribution in [0.1, 0.15) is 40.7 Å². The number of benzene rings is 3. The Morgan fingerprint density at radius 1 is 0.844 bits per heavy atom. The van der Waals surface area contributed by atoms with Crippen molar-refractivity contribution in [2.24, 2.45) is 0 Å². The molecule has 3 heterocycles. The quantitative estimate of drug-likeness (QED) is 0.442. The summed E-state index contributed by atoms with van der Waals surface area (Å²) in [6.45, 7) is 3.99. The second-order valence-electron chi connectivity index (χ2n) is 9.00. The first-order valence-corrected chi connectivity index (χ1v) is 11.6. The molecule has 0 spiro atoms. The molecular weight excluding hydrogens is 394 g/mol.